The maximum atomic E-state index is 11.6. The Labute approximate surface area is 111 Å². The largest absolute Gasteiger partial charge is 0.465 e. The van der Waals surface area contributed by atoms with Crippen molar-refractivity contribution in [2.24, 2.45) is 7.05 Å². The van der Waals surface area contributed by atoms with Crippen LogP contribution in [0.4, 0.5) is 0 Å². The summed E-state index contributed by atoms with van der Waals surface area (Å²) < 4.78 is 6.41. The number of methoxy groups -OCH3 is 1. The van der Waals surface area contributed by atoms with E-state index in [1.165, 1.54) is 7.11 Å². The minimum absolute atomic E-state index is 0.165. The van der Waals surface area contributed by atoms with Gasteiger partial charge in [-0.05, 0) is 23.3 Å². The minimum Gasteiger partial charge on any atom is -0.465 e. The molecule has 0 saturated heterocycles. The summed E-state index contributed by atoms with van der Waals surface area (Å²) in [5, 5.41) is 12.9. The lowest BCUT2D eigenvalue weighted by atomic mass is 9.99. The molecule has 19 heavy (non-hydrogen) atoms. The molecule has 0 bridgehead atoms. The molecule has 0 unspecified atom stereocenters. The van der Waals surface area contributed by atoms with Gasteiger partial charge in [0.15, 0.2) is 0 Å². The number of carbonyl (C=O) groups excluding carboxylic acids is 1. The van der Waals surface area contributed by atoms with Gasteiger partial charge in [-0.3, -0.25) is 4.68 Å². The van der Waals surface area contributed by atoms with Crippen LogP contribution in [0, 0.1) is 11.3 Å². The Bertz CT molecular complexity index is 653. The highest BCUT2D eigenvalue weighted by Crippen LogP contribution is 2.23. The van der Waals surface area contributed by atoms with Crippen molar-refractivity contribution >= 4 is 5.97 Å². The van der Waals surface area contributed by atoms with Crippen LogP contribution in [0.5, 0.6) is 0 Å². The Morgan fingerprint density at radius 2 is 2.26 bits per heavy atom. The molecule has 2 aromatic rings. The summed E-state index contributed by atoms with van der Waals surface area (Å²) >= 11 is 0. The van der Waals surface area contributed by atoms with Gasteiger partial charge in [-0.25, -0.2) is 4.79 Å². The predicted molar refractivity (Wildman–Crippen MR) is 69.3 cm³/mol. The van der Waals surface area contributed by atoms with Crippen molar-refractivity contribution < 1.29 is 9.53 Å². The number of nitrogens with zero attached hydrogens (tertiary/aromatic N) is 3. The highest BCUT2D eigenvalue weighted by Gasteiger charge is 2.13. The molecule has 0 spiro atoms. The fraction of sp³-hybridized carbons (Fsp3) is 0.214. The van der Waals surface area contributed by atoms with Crippen LogP contribution in [0.1, 0.15) is 15.9 Å². The topological polar surface area (TPSA) is 67.9 Å². The molecular formula is C14H13N3O2. The van der Waals surface area contributed by atoms with E-state index in [1.807, 2.05) is 25.4 Å². The van der Waals surface area contributed by atoms with Crippen molar-refractivity contribution in [3.05, 3.63) is 41.7 Å². The molecular weight excluding hydrogens is 242 g/mol. The van der Waals surface area contributed by atoms with Crippen molar-refractivity contribution in [2.45, 2.75) is 6.42 Å². The summed E-state index contributed by atoms with van der Waals surface area (Å²) in [6, 6.07) is 7.39. The minimum atomic E-state index is -0.428. The van der Waals surface area contributed by atoms with Gasteiger partial charge in [0, 0.05) is 18.8 Å². The van der Waals surface area contributed by atoms with E-state index in [4.69, 9.17) is 10.00 Å². The van der Waals surface area contributed by atoms with Gasteiger partial charge in [0.1, 0.15) is 0 Å². The van der Waals surface area contributed by atoms with Crippen LogP contribution in [0.3, 0.4) is 0 Å². The third-order valence-electron chi connectivity index (χ3n) is 2.82. The van der Waals surface area contributed by atoms with E-state index in [1.54, 1.807) is 16.9 Å². The molecule has 5 heteroatoms. The van der Waals surface area contributed by atoms with E-state index in [2.05, 4.69) is 11.2 Å². The monoisotopic (exact) mass is 255 g/mol. The van der Waals surface area contributed by atoms with Crippen LogP contribution in [-0.2, 0) is 18.2 Å². The first-order chi connectivity index (χ1) is 9.15. The highest BCUT2D eigenvalue weighted by atomic mass is 16.5. The maximum Gasteiger partial charge on any atom is 0.338 e. The van der Waals surface area contributed by atoms with E-state index >= 15 is 0 Å². The average molecular weight is 255 g/mol. The smallest absolute Gasteiger partial charge is 0.338 e. The third-order valence-corrected chi connectivity index (χ3v) is 2.82. The lowest BCUT2D eigenvalue weighted by Gasteiger charge is -2.07. The van der Waals surface area contributed by atoms with Crippen molar-refractivity contribution in [3.8, 4) is 17.2 Å². The molecule has 0 radical (unpaired) electrons. The first-order valence-corrected chi connectivity index (χ1v) is 5.73. The van der Waals surface area contributed by atoms with Crippen LogP contribution in [0.25, 0.3) is 11.1 Å². The number of hydrogen-bond acceptors (Lipinski definition) is 4. The standard InChI is InChI=1S/C14H13N3O2/c1-17-9-12(8-16-17)10-3-4-13(14(18)19-2)11(7-10)5-6-15/h3-4,7-9H,5H2,1-2H3. The van der Waals surface area contributed by atoms with Gasteiger partial charge in [0.05, 0.1) is 31.4 Å². The third kappa shape index (κ3) is 2.63. The zero-order valence-electron chi connectivity index (χ0n) is 10.8. The molecule has 0 aliphatic carbocycles. The summed E-state index contributed by atoms with van der Waals surface area (Å²) in [4.78, 5) is 11.6. The fourth-order valence-corrected chi connectivity index (χ4v) is 1.88. The van der Waals surface area contributed by atoms with Crippen LogP contribution in [-0.4, -0.2) is 22.9 Å². The lowest BCUT2D eigenvalue weighted by Crippen LogP contribution is -2.05. The molecule has 0 aliphatic heterocycles. The van der Waals surface area contributed by atoms with Crippen molar-refractivity contribution in [2.75, 3.05) is 7.11 Å². The zero-order valence-corrected chi connectivity index (χ0v) is 10.8. The molecule has 0 amide bonds. The zero-order chi connectivity index (χ0) is 13.8. The molecule has 0 aliphatic rings. The number of aryl methyl sites for hydroxylation is 1. The van der Waals surface area contributed by atoms with Gasteiger partial charge >= 0.3 is 5.97 Å². The normalized spacial score (nSPS) is 9.95. The number of aromatic nitrogens is 2. The Morgan fingerprint density at radius 1 is 1.47 bits per heavy atom. The van der Waals surface area contributed by atoms with Gasteiger partial charge < -0.3 is 4.74 Å². The number of ether oxygens (including phenoxy) is 1. The highest BCUT2D eigenvalue weighted by molar-refractivity contribution is 5.92. The fourth-order valence-electron chi connectivity index (χ4n) is 1.88. The first-order valence-electron chi connectivity index (χ1n) is 5.73. The maximum absolute atomic E-state index is 11.6. The summed E-state index contributed by atoms with van der Waals surface area (Å²) in [6.45, 7) is 0. The molecule has 0 atom stereocenters. The van der Waals surface area contributed by atoms with E-state index in [0.717, 1.165) is 11.1 Å². The van der Waals surface area contributed by atoms with Gasteiger partial charge in [-0.15, -0.1) is 0 Å². The second kappa shape index (κ2) is 5.36. The van der Waals surface area contributed by atoms with E-state index in [0.29, 0.717) is 11.1 Å². The number of carbonyl (C=O) groups is 1. The number of nitriles is 1. The average Bonchev–Trinajstić information content (AvgIpc) is 2.85. The number of hydrogen-bond donors (Lipinski definition) is 0. The van der Waals surface area contributed by atoms with Gasteiger partial charge in [0.2, 0.25) is 0 Å². The molecule has 1 aromatic heterocycles. The van der Waals surface area contributed by atoms with Crippen molar-refractivity contribution in [3.63, 3.8) is 0 Å². The van der Waals surface area contributed by atoms with E-state index < -0.39 is 5.97 Å². The van der Waals surface area contributed by atoms with Crippen molar-refractivity contribution in [1.29, 1.82) is 5.26 Å². The van der Waals surface area contributed by atoms with Crippen LogP contribution in [0.15, 0.2) is 30.6 Å². The molecule has 0 N–H and O–H groups in total. The Kier molecular flexibility index (Phi) is 3.62. The summed E-state index contributed by atoms with van der Waals surface area (Å²) in [6.07, 6.45) is 3.78. The molecule has 0 saturated carbocycles. The Hall–Kier alpha value is -2.61. The molecule has 0 fully saturated rings. The Balaban J connectivity index is 2.47. The molecule has 96 valence electrons. The second-order valence-electron chi connectivity index (χ2n) is 4.10. The number of esters is 1. The summed E-state index contributed by atoms with van der Waals surface area (Å²) in [5.41, 5.74) is 2.96. The first kappa shape index (κ1) is 12.8. The van der Waals surface area contributed by atoms with E-state index in [9.17, 15) is 4.79 Å². The second-order valence-corrected chi connectivity index (χ2v) is 4.10. The van der Waals surface area contributed by atoms with Gasteiger partial charge in [0.25, 0.3) is 0 Å². The molecule has 5 nitrogen and oxygen atoms in total. The Morgan fingerprint density at radius 3 is 2.84 bits per heavy atom. The SMILES string of the molecule is COC(=O)c1ccc(-c2cnn(C)c2)cc1CC#N. The summed E-state index contributed by atoms with van der Waals surface area (Å²) in [7, 11) is 3.16. The number of benzene rings is 1. The number of rotatable bonds is 3. The van der Waals surface area contributed by atoms with Crippen LogP contribution in [0.2, 0.25) is 0 Å². The van der Waals surface area contributed by atoms with Crippen LogP contribution >= 0.6 is 0 Å². The molecule has 1 aromatic carbocycles. The van der Waals surface area contributed by atoms with E-state index in [-0.39, 0.29) is 6.42 Å². The predicted octanol–water partition coefficient (Wildman–Crippen LogP) is 1.94. The van der Waals surface area contributed by atoms with Gasteiger partial charge in [-0.1, -0.05) is 6.07 Å². The van der Waals surface area contributed by atoms with Crippen LogP contribution < -0.4 is 0 Å². The summed E-state index contributed by atoms with van der Waals surface area (Å²) in [5.74, 6) is -0.428. The lowest BCUT2D eigenvalue weighted by molar-refractivity contribution is 0.0599. The van der Waals surface area contributed by atoms with Gasteiger partial charge in [-0.2, -0.15) is 10.4 Å². The molecule has 2 rings (SSSR count). The quantitative estimate of drug-likeness (QED) is 0.786. The molecule has 1 heterocycles. The van der Waals surface area contributed by atoms with Crippen molar-refractivity contribution in [1.82, 2.24) is 9.78 Å².